The summed E-state index contributed by atoms with van der Waals surface area (Å²) in [5.41, 5.74) is 0.565. The van der Waals surface area contributed by atoms with Crippen molar-refractivity contribution in [2.75, 3.05) is 5.32 Å². The number of hydrogen-bond acceptors (Lipinski definition) is 6. The zero-order valence-electron chi connectivity index (χ0n) is 12.8. The number of nitrogens with zero attached hydrogens (tertiary/aromatic N) is 4. The van der Waals surface area contributed by atoms with Gasteiger partial charge in [0.25, 0.3) is 0 Å². The molecule has 0 saturated carbocycles. The van der Waals surface area contributed by atoms with Crippen molar-refractivity contribution in [2.45, 2.75) is 40.2 Å². The molecule has 0 saturated heterocycles. The molecule has 0 aliphatic carbocycles. The predicted octanol–water partition coefficient (Wildman–Crippen LogP) is 2.29. The number of rotatable bonds is 5. The normalized spacial score (nSPS) is 12.2. The van der Waals surface area contributed by atoms with Crippen LogP contribution < -0.4 is 5.32 Å². The third-order valence-corrected chi connectivity index (χ3v) is 3.33. The molecule has 0 bridgehead atoms. The summed E-state index contributed by atoms with van der Waals surface area (Å²) in [6.07, 6.45) is 0.432. The maximum absolute atomic E-state index is 12.4. The predicted molar refractivity (Wildman–Crippen MR) is 77.6 cm³/mol. The second kappa shape index (κ2) is 5.96. The van der Waals surface area contributed by atoms with E-state index in [1.54, 1.807) is 33.8 Å². The van der Waals surface area contributed by atoms with Crippen molar-refractivity contribution < 1.29 is 14.2 Å². The number of carbonyl (C=O) groups excluding carboxylic acids is 1. The lowest BCUT2D eigenvalue weighted by Crippen LogP contribution is -2.27. The minimum absolute atomic E-state index is 0.0662. The summed E-state index contributed by atoms with van der Waals surface area (Å²) in [5, 5.41) is 21.5. The van der Waals surface area contributed by atoms with Crippen LogP contribution in [-0.4, -0.2) is 25.8 Å². The quantitative estimate of drug-likeness (QED) is 0.669. The summed E-state index contributed by atoms with van der Waals surface area (Å²) in [7, 11) is 0. The van der Waals surface area contributed by atoms with Crippen LogP contribution in [0.4, 0.5) is 11.5 Å². The standard InChI is InChI=1S/C13H17N5O4/c1-5-10(13(19)14-11-6-7(2)22-16-11)17-9(4)12(18(20)21)8(3)15-17/h6,10H,5H2,1-4H3,(H,14,16,19)/t10-/m0/s1. The minimum Gasteiger partial charge on any atom is -0.360 e. The number of nitrogens with one attached hydrogen (secondary N) is 1. The van der Waals surface area contributed by atoms with Gasteiger partial charge in [-0.3, -0.25) is 14.9 Å². The Morgan fingerprint density at radius 2 is 2.18 bits per heavy atom. The highest BCUT2D eigenvalue weighted by Gasteiger charge is 2.29. The van der Waals surface area contributed by atoms with Gasteiger partial charge in [-0.05, 0) is 27.2 Å². The fourth-order valence-electron chi connectivity index (χ4n) is 2.33. The average molecular weight is 307 g/mol. The zero-order chi connectivity index (χ0) is 16.4. The topological polar surface area (TPSA) is 116 Å². The highest BCUT2D eigenvalue weighted by molar-refractivity contribution is 5.92. The van der Waals surface area contributed by atoms with E-state index in [4.69, 9.17) is 4.52 Å². The van der Waals surface area contributed by atoms with E-state index in [0.717, 1.165) is 0 Å². The van der Waals surface area contributed by atoms with Crippen LogP contribution in [-0.2, 0) is 4.79 Å². The van der Waals surface area contributed by atoms with Gasteiger partial charge in [0.15, 0.2) is 5.82 Å². The molecule has 0 aromatic carbocycles. The number of anilines is 1. The number of amides is 1. The molecule has 1 amide bonds. The van der Waals surface area contributed by atoms with Crippen molar-refractivity contribution in [3.05, 3.63) is 33.3 Å². The SMILES string of the molecule is CC[C@@H](C(=O)Nc1cc(C)on1)n1nc(C)c([N+](=O)[O-])c1C. The Bertz CT molecular complexity index is 718. The fourth-order valence-corrected chi connectivity index (χ4v) is 2.33. The third-order valence-electron chi connectivity index (χ3n) is 3.33. The van der Waals surface area contributed by atoms with Crippen LogP contribution in [0.3, 0.4) is 0 Å². The molecule has 2 rings (SSSR count). The van der Waals surface area contributed by atoms with Crippen molar-refractivity contribution in [1.29, 1.82) is 0 Å². The van der Waals surface area contributed by atoms with E-state index in [9.17, 15) is 14.9 Å². The second-order valence-electron chi connectivity index (χ2n) is 4.96. The van der Waals surface area contributed by atoms with Crippen LogP contribution >= 0.6 is 0 Å². The summed E-state index contributed by atoms with van der Waals surface area (Å²) >= 11 is 0. The number of aryl methyl sites for hydroxylation is 2. The van der Waals surface area contributed by atoms with Crippen LogP contribution in [0.15, 0.2) is 10.6 Å². The third kappa shape index (κ3) is 2.83. The first-order chi connectivity index (χ1) is 10.3. The molecular formula is C13H17N5O4. The Kier molecular flexibility index (Phi) is 4.25. The summed E-state index contributed by atoms with van der Waals surface area (Å²) < 4.78 is 6.27. The Morgan fingerprint density at radius 3 is 2.64 bits per heavy atom. The van der Waals surface area contributed by atoms with E-state index in [0.29, 0.717) is 23.7 Å². The van der Waals surface area contributed by atoms with Gasteiger partial charge in [0.1, 0.15) is 23.2 Å². The molecule has 9 heteroatoms. The summed E-state index contributed by atoms with van der Waals surface area (Å²) in [5.74, 6) is 0.526. The maximum atomic E-state index is 12.4. The Balaban J connectivity index is 2.30. The van der Waals surface area contributed by atoms with Crippen LogP contribution in [0.5, 0.6) is 0 Å². The molecular weight excluding hydrogens is 290 g/mol. The monoisotopic (exact) mass is 307 g/mol. The van der Waals surface area contributed by atoms with Crippen molar-refractivity contribution >= 4 is 17.4 Å². The van der Waals surface area contributed by atoms with E-state index < -0.39 is 11.0 Å². The molecule has 2 aromatic rings. The van der Waals surface area contributed by atoms with Gasteiger partial charge in [-0.2, -0.15) is 5.10 Å². The first kappa shape index (κ1) is 15.7. The highest BCUT2D eigenvalue weighted by atomic mass is 16.6. The summed E-state index contributed by atoms with van der Waals surface area (Å²) in [6.45, 7) is 6.65. The maximum Gasteiger partial charge on any atom is 0.312 e. The van der Waals surface area contributed by atoms with Gasteiger partial charge in [0, 0.05) is 6.07 Å². The van der Waals surface area contributed by atoms with Gasteiger partial charge in [-0.1, -0.05) is 12.1 Å². The number of hydrogen-bond donors (Lipinski definition) is 1. The van der Waals surface area contributed by atoms with Gasteiger partial charge in [0.2, 0.25) is 5.91 Å². The first-order valence-corrected chi connectivity index (χ1v) is 6.79. The van der Waals surface area contributed by atoms with Crippen LogP contribution in [0.1, 0.15) is 36.5 Å². The van der Waals surface area contributed by atoms with Gasteiger partial charge in [-0.25, -0.2) is 4.68 Å². The van der Waals surface area contributed by atoms with E-state index >= 15 is 0 Å². The first-order valence-electron chi connectivity index (χ1n) is 6.79. The Labute approximate surface area is 126 Å². The molecule has 22 heavy (non-hydrogen) atoms. The smallest absolute Gasteiger partial charge is 0.312 e. The van der Waals surface area contributed by atoms with Crippen LogP contribution in [0, 0.1) is 30.9 Å². The lowest BCUT2D eigenvalue weighted by Gasteiger charge is -2.15. The van der Waals surface area contributed by atoms with Crippen LogP contribution in [0.25, 0.3) is 0 Å². The molecule has 0 fully saturated rings. The van der Waals surface area contributed by atoms with Gasteiger partial charge >= 0.3 is 5.69 Å². The molecule has 1 N–H and O–H groups in total. The zero-order valence-corrected chi connectivity index (χ0v) is 12.8. The van der Waals surface area contributed by atoms with E-state index in [-0.39, 0.29) is 17.3 Å². The molecule has 2 aromatic heterocycles. The molecule has 118 valence electrons. The average Bonchev–Trinajstić information content (AvgIpc) is 2.95. The molecule has 0 spiro atoms. The number of nitro groups is 1. The van der Waals surface area contributed by atoms with E-state index in [2.05, 4.69) is 15.6 Å². The van der Waals surface area contributed by atoms with Crippen molar-refractivity contribution in [2.24, 2.45) is 0 Å². The molecule has 2 heterocycles. The molecule has 0 unspecified atom stereocenters. The van der Waals surface area contributed by atoms with Crippen molar-refractivity contribution in [1.82, 2.24) is 14.9 Å². The van der Waals surface area contributed by atoms with E-state index in [1.165, 1.54) is 4.68 Å². The summed E-state index contributed by atoms with van der Waals surface area (Å²) in [6, 6.07) is 0.929. The lowest BCUT2D eigenvalue weighted by molar-refractivity contribution is -0.386. The lowest BCUT2D eigenvalue weighted by atomic mass is 10.2. The molecule has 0 radical (unpaired) electrons. The number of carbonyl (C=O) groups is 1. The van der Waals surface area contributed by atoms with Gasteiger partial charge in [-0.15, -0.1) is 0 Å². The molecule has 0 aliphatic rings. The van der Waals surface area contributed by atoms with Gasteiger partial charge in [0.05, 0.1) is 4.92 Å². The molecule has 9 nitrogen and oxygen atoms in total. The van der Waals surface area contributed by atoms with Crippen LogP contribution in [0.2, 0.25) is 0 Å². The van der Waals surface area contributed by atoms with Crippen molar-refractivity contribution in [3.8, 4) is 0 Å². The highest BCUT2D eigenvalue weighted by Crippen LogP contribution is 2.26. The van der Waals surface area contributed by atoms with E-state index in [1.807, 2.05) is 0 Å². The summed E-state index contributed by atoms with van der Waals surface area (Å²) in [4.78, 5) is 22.9. The second-order valence-corrected chi connectivity index (χ2v) is 4.96. The fraction of sp³-hybridized carbons (Fsp3) is 0.462. The molecule has 0 aliphatic heterocycles. The molecule has 1 atom stereocenters. The van der Waals surface area contributed by atoms with Gasteiger partial charge < -0.3 is 9.84 Å². The largest absolute Gasteiger partial charge is 0.360 e. The van der Waals surface area contributed by atoms with Crippen molar-refractivity contribution in [3.63, 3.8) is 0 Å². The number of aromatic nitrogens is 3. The Hall–Kier alpha value is -2.71. The minimum atomic E-state index is -0.663. The Morgan fingerprint density at radius 1 is 1.50 bits per heavy atom.